The Bertz CT molecular complexity index is 564. The molecular formula is C12H16N4O2. The van der Waals surface area contributed by atoms with Crippen molar-refractivity contribution in [2.75, 3.05) is 31.3 Å². The fourth-order valence-corrected chi connectivity index (χ4v) is 1.58. The lowest BCUT2D eigenvalue weighted by molar-refractivity contribution is -0.120. The van der Waals surface area contributed by atoms with Crippen molar-refractivity contribution in [3.05, 3.63) is 18.2 Å². The van der Waals surface area contributed by atoms with Gasteiger partial charge in [0.05, 0.1) is 0 Å². The van der Waals surface area contributed by atoms with Crippen molar-refractivity contribution in [3.8, 4) is 0 Å². The summed E-state index contributed by atoms with van der Waals surface area (Å²) in [7, 11) is 3.45. The summed E-state index contributed by atoms with van der Waals surface area (Å²) in [5.41, 5.74) is 7.71. The Morgan fingerprint density at radius 2 is 2.33 bits per heavy atom. The van der Waals surface area contributed by atoms with E-state index in [0.717, 1.165) is 5.52 Å². The Morgan fingerprint density at radius 3 is 3.06 bits per heavy atom. The highest BCUT2D eigenvalue weighted by atomic mass is 16.4. The van der Waals surface area contributed by atoms with Gasteiger partial charge in [0.25, 0.3) is 6.01 Å². The molecule has 96 valence electrons. The maximum absolute atomic E-state index is 11.2. The molecule has 18 heavy (non-hydrogen) atoms. The van der Waals surface area contributed by atoms with Crippen molar-refractivity contribution in [1.29, 1.82) is 0 Å². The molecule has 0 spiro atoms. The lowest BCUT2D eigenvalue weighted by Crippen LogP contribution is -2.26. The number of anilines is 2. The van der Waals surface area contributed by atoms with E-state index in [-0.39, 0.29) is 5.91 Å². The molecular weight excluding hydrogens is 232 g/mol. The quantitative estimate of drug-likeness (QED) is 0.788. The van der Waals surface area contributed by atoms with Gasteiger partial charge in [-0.1, -0.05) is 0 Å². The summed E-state index contributed by atoms with van der Waals surface area (Å²) < 4.78 is 5.58. The second kappa shape index (κ2) is 4.95. The van der Waals surface area contributed by atoms with Crippen LogP contribution in [0, 0.1) is 0 Å². The second-order valence-electron chi connectivity index (χ2n) is 4.07. The van der Waals surface area contributed by atoms with Crippen LogP contribution in [0.1, 0.15) is 6.42 Å². The molecule has 1 aromatic heterocycles. The molecule has 0 saturated heterocycles. The predicted octanol–water partition coefficient (Wildman–Crippen LogP) is 0.982. The number of nitrogens with one attached hydrogen (secondary N) is 1. The molecule has 0 aliphatic heterocycles. The smallest absolute Gasteiger partial charge is 0.298 e. The fourth-order valence-electron chi connectivity index (χ4n) is 1.58. The highest BCUT2D eigenvalue weighted by Gasteiger charge is 2.11. The average molecular weight is 248 g/mol. The van der Waals surface area contributed by atoms with Crippen molar-refractivity contribution in [2.24, 2.45) is 0 Å². The third kappa shape index (κ3) is 2.53. The second-order valence-corrected chi connectivity index (χ2v) is 4.07. The number of benzene rings is 1. The minimum absolute atomic E-state index is 0.0118. The van der Waals surface area contributed by atoms with E-state index in [2.05, 4.69) is 10.3 Å². The lowest BCUT2D eigenvalue weighted by atomic mass is 10.3. The van der Waals surface area contributed by atoms with E-state index in [9.17, 15) is 4.79 Å². The van der Waals surface area contributed by atoms with E-state index in [4.69, 9.17) is 10.2 Å². The first-order valence-corrected chi connectivity index (χ1v) is 5.68. The minimum Gasteiger partial charge on any atom is -0.423 e. The van der Waals surface area contributed by atoms with Crippen molar-refractivity contribution < 1.29 is 9.21 Å². The average Bonchev–Trinajstić information content (AvgIpc) is 2.78. The number of carbonyl (C=O) groups excluding carboxylic acids is 1. The van der Waals surface area contributed by atoms with E-state index in [1.165, 1.54) is 0 Å². The van der Waals surface area contributed by atoms with Crippen molar-refractivity contribution in [2.45, 2.75) is 6.42 Å². The number of hydrogen-bond acceptors (Lipinski definition) is 5. The largest absolute Gasteiger partial charge is 0.423 e. The number of rotatable bonds is 4. The predicted molar refractivity (Wildman–Crippen MR) is 70.4 cm³/mol. The molecule has 0 radical (unpaired) electrons. The van der Waals surface area contributed by atoms with Gasteiger partial charge in [0.2, 0.25) is 5.91 Å². The molecule has 0 bridgehead atoms. The van der Waals surface area contributed by atoms with Crippen LogP contribution in [0.5, 0.6) is 0 Å². The fraction of sp³-hybridized carbons (Fsp3) is 0.333. The molecule has 2 rings (SSSR count). The van der Waals surface area contributed by atoms with Gasteiger partial charge >= 0.3 is 0 Å². The van der Waals surface area contributed by atoms with Gasteiger partial charge < -0.3 is 20.4 Å². The van der Waals surface area contributed by atoms with Gasteiger partial charge in [0, 0.05) is 38.8 Å². The first kappa shape index (κ1) is 12.2. The normalized spacial score (nSPS) is 10.6. The van der Waals surface area contributed by atoms with E-state index < -0.39 is 0 Å². The number of oxazole rings is 1. The number of nitrogens with two attached hydrogens (primary N) is 1. The maximum Gasteiger partial charge on any atom is 0.298 e. The Hall–Kier alpha value is -2.24. The molecule has 0 aliphatic rings. The Kier molecular flexibility index (Phi) is 3.36. The highest BCUT2D eigenvalue weighted by Crippen LogP contribution is 2.22. The van der Waals surface area contributed by atoms with Gasteiger partial charge in [0.15, 0.2) is 5.58 Å². The molecule has 0 saturated carbocycles. The van der Waals surface area contributed by atoms with E-state index in [0.29, 0.717) is 30.3 Å². The molecule has 2 aromatic rings. The summed E-state index contributed by atoms with van der Waals surface area (Å²) >= 11 is 0. The number of hydrogen-bond donors (Lipinski definition) is 2. The van der Waals surface area contributed by atoms with Gasteiger partial charge in [-0.05, 0) is 12.1 Å². The van der Waals surface area contributed by atoms with Crippen LogP contribution in [-0.2, 0) is 4.79 Å². The molecule has 0 atom stereocenters. The van der Waals surface area contributed by atoms with Crippen LogP contribution in [0.15, 0.2) is 22.6 Å². The van der Waals surface area contributed by atoms with E-state index >= 15 is 0 Å². The third-order valence-corrected chi connectivity index (χ3v) is 2.68. The van der Waals surface area contributed by atoms with E-state index in [1.807, 2.05) is 13.1 Å². The number of nitrogens with zero attached hydrogens (tertiary/aromatic N) is 2. The topological polar surface area (TPSA) is 84.4 Å². The van der Waals surface area contributed by atoms with Gasteiger partial charge in [-0.25, -0.2) is 0 Å². The molecule has 3 N–H and O–H groups in total. The van der Waals surface area contributed by atoms with Crippen molar-refractivity contribution in [1.82, 2.24) is 10.3 Å². The van der Waals surface area contributed by atoms with Crippen LogP contribution in [0.3, 0.4) is 0 Å². The number of carbonyl (C=O) groups is 1. The Balaban J connectivity index is 2.13. The SMILES string of the molecule is CNC(=O)CCN(C)c1nc2ccc(N)cc2o1. The van der Waals surface area contributed by atoms with E-state index in [1.54, 1.807) is 24.1 Å². The molecule has 0 aliphatic carbocycles. The standard InChI is InChI=1S/C12H16N4O2/c1-14-11(17)5-6-16(2)12-15-9-4-3-8(13)7-10(9)18-12/h3-4,7H,5-6,13H2,1-2H3,(H,14,17). The lowest BCUT2D eigenvalue weighted by Gasteiger charge is -2.12. The van der Waals surface area contributed by atoms with Crippen LogP contribution < -0.4 is 16.0 Å². The number of amides is 1. The zero-order valence-corrected chi connectivity index (χ0v) is 10.4. The summed E-state index contributed by atoms with van der Waals surface area (Å²) in [5.74, 6) is -0.0118. The van der Waals surface area contributed by atoms with Crippen LogP contribution in [0.2, 0.25) is 0 Å². The molecule has 1 aromatic carbocycles. The minimum atomic E-state index is -0.0118. The van der Waals surface area contributed by atoms with Crippen LogP contribution >= 0.6 is 0 Å². The Morgan fingerprint density at radius 1 is 1.56 bits per heavy atom. The summed E-state index contributed by atoms with van der Waals surface area (Å²) in [4.78, 5) is 17.3. The van der Waals surface area contributed by atoms with Crippen LogP contribution in [0.4, 0.5) is 11.7 Å². The molecule has 1 heterocycles. The van der Waals surface area contributed by atoms with Gasteiger partial charge in [-0.2, -0.15) is 4.98 Å². The number of aromatic nitrogens is 1. The third-order valence-electron chi connectivity index (χ3n) is 2.68. The number of fused-ring (bicyclic) bond motifs is 1. The first-order chi connectivity index (χ1) is 8.60. The molecule has 0 unspecified atom stereocenters. The van der Waals surface area contributed by atoms with Gasteiger partial charge in [0.1, 0.15) is 5.52 Å². The van der Waals surface area contributed by atoms with Crippen molar-refractivity contribution >= 4 is 28.7 Å². The molecule has 6 heteroatoms. The molecule has 0 fully saturated rings. The zero-order valence-electron chi connectivity index (χ0n) is 10.4. The molecule has 6 nitrogen and oxygen atoms in total. The van der Waals surface area contributed by atoms with Crippen molar-refractivity contribution in [3.63, 3.8) is 0 Å². The summed E-state index contributed by atoms with van der Waals surface area (Å²) in [6, 6.07) is 5.81. The zero-order chi connectivity index (χ0) is 13.1. The highest BCUT2D eigenvalue weighted by molar-refractivity contribution is 5.78. The monoisotopic (exact) mass is 248 g/mol. The number of nitrogen functional groups attached to an aromatic ring is 1. The maximum atomic E-state index is 11.2. The first-order valence-electron chi connectivity index (χ1n) is 5.68. The molecule has 1 amide bonds. The summed E-state index contributed by atoms with van der Waals surface area (Å²) in [6.45, 7) is 0.544. The van der Waals surface area contributed by atoms with Crippen LogP contribution in [-0.4, -0.2) is 31.5 Å². The summed E-state index contributed by atoms with van der Waals surface area (Å²) in [6.07, 6.45) is 0.397. The summed E-state index contributed by atoms with van der Waals surface area (Å²) in [5, 5.41) is 2.57. The van der Waals surface area contributed by atoms with Gasteiger partial charge in [-0.3, -0.25) is 4.79 Å². The van der Waals surface area contributed by atoms with Crippen LogP contribution in [0.25, 0.3) is 11.1 Å². The Labute approximate surface area is 105 Å². The van der Waals surface area contributed by atoms with Gasteiger partial charge in [-0.15, -0.1) is 0 Å².